The molecule has 0 aliphatic carbocycles. The van der Waals surface area contributed by atoms with Crippen LogP contribution >= 0.6 is 0 Å². The standard InChI is InChI=1S/C8H8N4O2/c1-12-5-6(4-9-12)8(13)10-7-2-3-14-11-7/h2-5H,1H3,(H,10,11,13). The van der Waals surface area contributed by atoms with Crippen molar-refractivity contribution in [3.63, 3.8) is 0 Å². The van der Waals surface area contributed by atoms with Crippen LogP contribution in [0.15, 0.2) is 29.2 Å². The van der Waals surface area contributed by atoms with Gasteiger partial charge in [-0.25, -0.2) is 0 Å². The minimum atomic E-state index is -0.257. The summed E-state index contributed by atoms with van der Waals surface area (Å²) in [5.41, 5.74) is 0.482. The van der Waals surface area contributed by atoms with E-state index in [1.165, 1.54) is 12.5 Å². The molecule has 0 aromatic carbocycles. The van der Waals surface area contributed by atoms with Crippen LogP contribution in [-0.4, -0.2) is 20.8 Å². The average molecular weight is 192 g/mol. The Bertz CT molecular complexity index is 432. The van der Waals surface area contributed by atoms with E-state index < -0.39 is 0 Å². The molecule has 2 aromatic heterocycles. The molecule has 14 heavy (non-hydrogen) atoms. The first kappa shape index (κ1) is 8.49. The molecular formula is C8H8N4O2. The van der Waals surface area contributed by atoms with Gasteiger partial charge in [0.2, 0.25) is 0 Å². The molecule has 0 atom stereocenters. The van der Waals surface area contributed by atoms with Crippen LogP contribution in [0.2, 0.25) is 0 Å². The largest absolute Gasteiger partial charge is 0.363 e. The molecule has 6 nitrogen and oxygen atoms in total. The van der Waals surface area contributed by atoms with Crippen LogP contribution < -0.4 is 5.32 Å². The third-order valence-electron chi connectivity index (χ3n) is 1.65. The number of hydrogen-bond acceptors (Lipinski definition) is 4. The van der Waals surface area contributed by atoms with Gasteiger partial charge in [-0.2, -0.15) is 5.10 Å². The molecule has 0 radical (unpaired) electrons. The van der Waals surface area contributed by atoms with E-state index in [0.717, 1.165) is 0 Å². The van der Waals surface area contributed by atoms with Gasteiger partial charge in [0.15, 0.2) is 5.82 Å². The van der Waals surface area contributed by atoms with Crippen LogP contribution in [0, 0.1) is 0 Å². The Morgan fingerprint density at radius 1 is 1.64 bits per heavy atom. The highest BCUT2D eigenvalue weighted by atomic mass is 16.5. The molecule has 0 aliphatic rings. The van der Waals surface area contributed by atoms with Gasteiger partial charge in [0, 0.05) is 19.3 Å². The van der Waals surface area contributed by atoms with E-state index in [2.05, 4.69) is 20.1 Å². The van der Waals surface area contributed by atoms with Crippen molar-refractivity contribution in [2.75, 3.05) is 5.32 Å². The molecule has 1 amide bonds. The van der Waals surface area contributed by atoms with Crippen molar-refractivity contribution in [3.8, 4) is 0 Å². The predicted molar refractivity (Wildman–Crippen MR) is 47.7 cm³/mol. The predicted octanol–water partition coefficient (Wildman–Crippen LogP) is 0.660. The van der Waals surface area contributed by atoms with Gasteiger partial charge >= 0.3 is 0 Å². The lowest BCUT2D eigenvalue weighted by molar-refractivity contribution is 0.102. The summed E-state index contributed by atoms with van der Waals surface area (Å²) in [6, 6.07) is 1.56. The lowest BCUT2D eigenvalue weighted by Crippen LogP contribution is -2.11. The minimum Gasteiger partial charge on any atom is -0.363 e. The Morgan fingerprint density at radius 3 is 3.07 bits per heavy atom. The number of carbonyl (C=O) groups is 1. The summed E-state index contributed by atoms with van der Waals surface area (Å²) < 4.78 is 6.12. The average Bonchev–Trinajstić information content (AvgIpc) is 2.75. The first-order chi connectivity index (χ1) is 6.75. The summed E-state index contributed by atoms with van der Waals surface area (Å²) in [7, 11) is 1.74. The number of hydrogen-bond donors (Lipinski definition) is 1. The molecule has 0 saturated heterocycles. The number of amides is 1. The summed E-state index contributed by atoms with van der Waals surface area (Å²) in [5, 5.41) is 9.99. The Balaban J connectivity index is 2.10. The second-order valence-corrected chi connectivity index (χ2v) is 2.74. The highest BCUT2D eigenvalue weighted by Gasteiger charge is 2.08. The van der Waals surface area contributed by atoms with Gasteiger partial charge in [0.25, 0.3) is 5.91 Å². The molecular weight excluding hydrogens is 184 g/mol. The highest BCUT2D eigenvalue weighted by molar-refractivity contribution is 6.03. The Hall–Kier alpha value is -2.11. The fraction of sp³-hybridized carbons (Fsp3) is 0.125. The van der Waals surface area contributed by atoms with E-state index in [1.807, 2.05) is 0 Å². The molecule has 2 heterocycles. The second-order valence-electron chi connectivity index (χ2n) is 2.74. The molecule has 72 valence electrons. The van der Waals surface area contributed by atoms with E-state index >= 15 is 0 Å². The van der Waals surface area contributed by atoms with Crippen molar-refractivity contribution >= 4 is 11.7 Å². The van der Waals surface area contributed by atoms with Gasteiger partial charge in [0.05, 0.1) is 11.8 Å². The number of anilines is 1. The van der Waals surface area contributed by atoms with E-state index in [1.54, 1.807) is 24.0 Å². The molecule has 2 rings (SSSR count). The maximum absolute atomic E-state index is 11.5. The quantitative estimate of drug-likeness (QED) is 0.758. The summed E-state index contributed by atoms with van der Waals surface area (Å²) in [5.74, 6) is 0.130. The van der Waals surface area contributed by atoms with Crippen LogP contribution in [0.1, 0.15) is 10.4 Å². The normalized spacial score (nSPS) is 10.1. The minimum absolute atomic E-state index is 0.257. The fourth-order valence-corrected chi connectivity index (χ4v) is 1.00. The van der Waals surface area contributed by atoms with E-state index in [4.69, 9.17) is 0 Å². The van der Waals surface area contributed by atoms with Crippen LogP contribution in [-0.2, 0) is 7.05 Å². The van der Waals surface area contributed by atoms with Crippen molar-refractivity contribution < 1.29 is 9.32 Å². The highest BCUT2D eigenvalue weighted by Crippen LogP contribution is 2.04. The fourth-order valence-electron chi connectivity index (χ4n) is 1.00. The molecule has 0 aliphatic heterocycles. The number of carbonyl (C=O) groups excluding carboxylic acids is 1. The van der Waals surface area contributed by atoms with Crippen molar-refractivity contribution in [2.45, 2.75) is 0 Å². The molecule has 0 bridgehead atoms. The van der Waals surface area contributed by atoms with E-state index in [-0.39, 0.29) is 5.91 Å². The van der Waals surface area contributed by atoms with Gasteiger partial charge in [0.1, 0.15) is 6.26 Å². The molecule has 0 fully saturated rings. The molecule has 0 saturated carbocycles. The number of nitrogens with one attached hydrogen (secondary N) is 1. The number of nitrogens with zero attached hydrogens (tertiary/aromatic N) is 3. The zero-order valence-corrected chi connectivity index (χ0v) is 7.47. The molecule has 2 aromatic rings. The zero-order valence-electron chi connectivity index (χ0n) is 7.47. The van der Waals surface area contributed by atoms with Gasteiger partial charge in [-0.05, 0) is 0 Å². The zero-order chi connectivity index (χ0) is 9.97. The lowest BCUT2D eigenvalue weighted by Gasteiger charge is -1.95. The van der Waals surface area contributed by atoms with Gasteiger partial charge < -0.3 is 9.84 Å². The van der Waals surface area contributed by atoms with Gasteiger partial charge in [-0.15, -0.1) is 0 Å². The number of rotatable bonds is 2. The van der Waals surface area contributed by atoms with Crippen LogP contribution in [0.4, 0.5) is 5.82 Å². The van der Waals surface area contributed by atoms with Gasteiger partial charge in [-0.3, -0.25) is 9.48 Å². The van der Waals surface area contributed by atoms with Crippen molar-refractivity contribution in [2.24, 2.45) is 7.05 Å². The van der Waals surface area contributed by atoms with Gasteiger partial charge in [-0.1, -0.05) is 5.16 Å². The second kappa shape index (κ2) is 3.33. The first-order valence-corrected chi connectivity index (χ1v) is 3.96. The summed E-state index contributed by atoms with van der Waals surface area (Å²) in [6.07, 6.45) is 4.49. The van der Waals surface area contributed by atoms with Crippen LogP contribution in [0.25, 0.3) is 0 Å². The van der Waals surface area contributed by atoms with Crippen molar-refractivity contribution in [1.29, 1.82) is 0 Å². The third kappa shape index (κ3) is 1.63. The van der Waals surface area contributed by atoms with Crippen molar-refractivity contribution in [3.05, 3.63) is 30.3 Å². The summed E-state index contributed by atoms with van der Waals surface area (Å²) >= 11 is 0. The Kier molecular flexibility index (Phi) is 2.02. The van der Waals surface area contributed by atoms with E-state index in [9.17, 15) is 4.79 Å². The first-order valence-electron chi connectivity index (χ1n) is 3.96. The van der Waals surface area contributed by atoms with Crippen LogP contribution in [0.5, 0.6) is 0 Å². The maximum Gasteiger partial charge on any atom is 0.260 e. The number of aromatic nitrogens is 3. The van der Waals surface area contributed by atoms with Crippen LogP contribution in [0.3, 0.4) is 0 Å². The third-order valence-corrected chi connectivity index (χ3v) is 1.65. The summed E-state index contributed by atoms with van der Waals surface area (Å²) in [6.45, 7) is 0. The summed E-state index contributed by atoms with van der Waals surface area (Å²) in [4.78, 5) is 11.5. The lowest BCUT2D eigenvalue weighted by atomic mass is 10.3. The molecule has 6 heteroatoms. The molecule has 0 spiro atoms. The SMILES string of the molecule is Cn1cc(C(=O)Nc2ccon2)cn1. The van der Waals surface area contributed by atoms with E-state index in [0.29, 0.717) is 11.4 Å². The molecule has 1 N–H and O–H groups in total. The maximum atomic E-state index is 11.5. The smallest absolute Gasteiger partial charge is 0.260 e. The number of aryl methyl sites for hydroxylation is 1. The molecule has 0 unspecified atom stereocenters. The Morgan fingerprint density at radius 2 is 2.50 bits per heavy atom. The topological polar surface area (TPSA) is 73.0 Å². The monoisotopic (exact) mass is 192 g/mol. The van der Waals surface area contributed by atoms with Crippen molar-refractivity contribution in [1.82, 2.24) is 14.9 Å². The Labute approximate surface area is 79.5 Å².